The van der Waals surface area contributed by atoms with E-state index >= 15 is 0 Å². The van der Waals surface area contributed by atoms with E-state index in [1.165, 1.54) is 68.9 Å². The van der Waals surface area contributed by atoms with Crippen molar-refractivity contribution in [1.82, 2.24) is 0 Å². The maximum atomic E-state index is 13.2. The lowest BCUT2D eigenvalue weighted by Crippen LogP contribution is -2.25. The summed E-state index contributed by atoms with van der Waals surface area (Å²) in [5, 5.41) is 8.60. The molecular formula is C25H34FN. The lowest BCUT2D eigenvalue weighted by molar-refractivity contribution is 0.171. The van der Waals surface area contributed by atoms with E-state index in [-0.39, 0.29) is 5.92 Å². The highest BCUT2D eigenvalue weighted by molar-refractivity contribution is 5.26. The molecule has 3 rings (SSSR count). The van der Waals surface area contributed by atoms with Gasteiger partial charge in [-0.25, -0.2) is 0 Å². The molecule has 1 nitrogen and oxygen atoms in total. The van der Waals surface area contributed by atoms with Crippen molar-refractivity contribution < 1.29 is 4.39 Å². The quantitative estimate of drug-likeness (QED) is 0.478. The van der Waals surface area contributed by atoms with Crippen molar-refractivity contribution >= 4 is 0 Å². The summed E-state index contributed by atoms with van der Waals surface area (Å²) in [7, 11) is 0. The number of hydrogen-bond donors (Lipinski definition) is 0. The minimum Gasteiger partial charge on any atom is -0.195 e. The van der Waals surface area contributed by atoms with Crippen LogP contribution in [0.3, 0.4) is 0 Å². The smallest absolute Gasteiger partial charge is 0.195 e. The van der Waals surface area contributed by atoms with Crippen molar-refractivity contribution in [1.29, 1.82) is 5.26 Å². The number of rotatable bonds is 6. The van der Waals surface area contributed by atoms with Crippen LogP contribution in [0.2, 0.25) is 0 Å². The average molecular weight is 368 g/mol. The molecule has 0 heterocycles. The van der Waals surface area contributed by atoms with Crippen LogP contribution in [0.15, 0.2) is 36.2 Å². The first-order valence-electron chi connectivity index (χ1n) is 11.1. The maximum absolute atomic E-state index is 13.2. The Kier molecular flexibility index (Phi) is 7.50. The van der Waals surface area contributed by atoms with Gasteiger partial charge in [0.05, 0.1) is 0 Å². The molecule has 0 aliphatic heterocycles. The molecule has 0 bridgehead atoms. The Morgan fingerprint density at radius 3 is 2.15 bits per heavy atom. The van der Waals surface area contributed by atoms with Crippen LogP contribution in [-0.4, -0.2) is 0 Å². The molecule has 0 unspecified atom stereocenters. The van der Waals surface area contributed by atoms with Gasteiger partial charge in [0.25, 0.3) is 0 Å². The normalized spacial score (nSPS) is 29.3. The van der Waals surface area contributed by atoms with E-state index in [9.17, 15) is 4.39 Å². The van der Waals surface area contributed by atoms with Crippen LogP contribution >= 0.6 is 0 Å². The van der Waals surface area contributed by atoms with Crippen molar-refractivity contribution in [3.05, 3.63) is 47.3 Å². The molecule has 0 saturated heterocycles. The van der Waals surface area contributed by atoms with E-state index < -0.39 is 5.83 Å². The monoisotopic (exact) mass is 367 g/mol. The van der Waals surface area contributed by atoms with Crippen molar-refractivity contribution in [2.75, 3.05) is 0 Å². The van der Waals surface area contributed by atoms with Crippen molar-refractivity contribution in [2.45, 2.75) is 83.5 Å². The van der Waals surface area contributed by atoms with Gasteiger partial charge in [-0.05, 0) is 105 Å². The molecule has 146 valence electrons. The molecule has 0 amide bonds. The van der Waals surface area contributed by atoms with Crippen LogP contribution in [0.4, 0.5) is 4.39 Å². The van der Waals surface area contributed by atoms with E-state index in [1.807, 2.05) is 0 Å². The van der Waals surface area contributed by atoms with Gasteiger partial charge in [0, 0.05) is 0 Å². The number of benzene rings is 1. The molecule has 2 saturated carbocycles. The third-order valence-electron chi connectivity index (χ3n) is 7.01. The Morgan fingerprint density at radius 1 is 1.00 bits per heavy atom. The fraction of sp³-hybridized carbons (Fsp3) is 0.640. The summed E-state index contributed by atoms with van der Waals surface area (Å²) in [6.45, 7) is 2.25. The highest BCUT2D eigenvalue weighted by Gasteiger charge is 2.31. The molecule has 0 N–H and O–H groups in total. The maximum Gasteiger partial charge on any atom is 0.196 e. The Bertz CT molecular complexity index is 638. The summed E-state index contributed by atoms with van der Waals surface area (Å²) in [4.78, 5) is 0. The van der Waals surface area contributed by atoms with Crippen LogP contribution in [0.5, 0.6) is 0 Å². The second-order valence-corrected chi connectivity index (χ2v) is 8.76. The molecular weight excluding hydrogens is 333 g/mol. The summed E-state index contributed by atoms with van der Waals surface area (Å²) >= 11 is 0. The van der Waals surface area contributed by atoms with Crippen LogP contribution in [0.25, 0.3) is 0 Å². The number of nitrogens with zero attached hydrogens (tertiary/aromatic N) is 1. The van der Waals surface area contributed by atoms with Gasteiger partial charge in [-0.1, -0.05) is 37.6 Å². The predicted molar refractivity (Wildman–Crippen MR) is 110 cm³/mol. The highest BCUT2D eigenvalue weighted by Crippen LogP contribution is 2.44. The molecule has 0 radical (unpaired) electrons. The Morgan fingerprint density at radius 2 is 1.59 bits per heavy atom. The Hall–Kier alpha value is -1.62. The van der Waals surface area contributed by atoms with Crippen LogP contribution < -0.4 is 0 Å². The lowest BCUT2D eigenvalue weighted by Gasteiger charge is -2.37. The lowest BCUT2D eigenvalue weighted by atomic mass is 9.68. The van der Waals surface area contributed by atoms with Crippen molar-refractivity contribution in [3.8, 4) is 6.07 Å². The standard InChI is InChI=1S/C25H34FN/c1-2-3-4-19-5-9-21(10-6-19)23-13-15-24(16-14-23)22-11-7-20(8-12-22)17-25(26)18-27/h5-6,9-10,17,20,22-24H,2-4,7-8,11-16H2,1H3. The number of allylic oxidation sites excluding steroid dienone is 2. The molecule has 0 atom stereocenters. The number of unbranched alkanes of at least 4 members (excludes halogenated alkanes) is 1. The van der Waals surface area contributed by atoms with E-state index in [1.54, 1.807) is 12.1 Å². The number of aryl methyl sites for hydroxylation is 1. The van der Waals surface area contributed by atoms with E-state index in [0.717, 1.165) is 30.6 Å². The first-order valence-corrected chi connectivity index (χ1v) is 11.1. The number of hydrogen-bond acceptors (Lipinski definition) is 1. The zero-order valence-corrected chi connectivity index (χ0v) is 16.8. The van der Waals surface area contributed by atoms with Gasteiger partial charge in [0.1, 0.15) is 6.07 Å². The number of halogens is 1. The van der Waals surface area contributed by atoms with Gasteiger partial charge in [-0.2, -0.15) is 9.65 Å². The van der Waals surface area contributed by atoms with Crippen LogP contribution in [-0.2, 0) is 6.42 Å². The molecule has 1 aromatic rings. The predicted octanol–water partition coefficient (Wildman–Crippen LogP) is 7.49. The second kappa shape index (κ2) is 10.1. The fourth-order valence-electron chi connectivity index (χ4n) is 5.29. The van der Waals surface area contributed by atoms with Crippen molar-refractivity contribution in [2.24, 2.45) is 17.8 Å². The summed E-state index contributed by atoms with van der Waals surface area (Å²) < 4.78 is 13.2. The molecule has 0 aromatic heterocycles. The SMILES string of the molecule is CCCCc1ccc(C2CCC(C3CCC(C=C(F)C#N)CC3)CC2)cc1. The largest absolute Gasteiger partial charge is 0.196 e. The van der Waals surface area contributed by atoms with Crippen molar-refractivity contribution in [3.63, 3.8) is 0 Å². The Balaban J connectivity index is 1.45. The fourth-order valence-corrected chi connectivity index (χ4v) is 5.29. The molecule has 27 heavy (non-hydrogen) atoms. The van der Waals surface area contributed by atoms with Crippen LogP contribution in [0.1, 0.15) is 88.2 Å². The molecule has 1 aromatic carbocycles. The third-order valence-corrected chi connectivity index (χ3v) is 7.01. The van der Waals surface area contributed by atoms with Crippen LogP contribution in [0, 0.1) is 29.1 Å². The summed E-state index contributed by atoms with van der Waals surface area (Å²) in [6.07, 6.45) is 15.2. The molecule has 2 aliphatic carbocycles. The van der Waals surface area contributed by atoms with Gasteiger partial charge in [0.15, 0.2) is 5.83 Å². The summed E-state index contributed by atoms with van der Waals surface area (Å²) in [5.41, 5.74) is 3.02. The van der Waals surface area contributed by atoms with Gasteiger partial charge >= 0.3 is 0 Å². The van der Waals surface area contributed by atoms with Gasteiger partial charge in [-0.3, -0.25) is 0 Å². The third kappa shape index (κ3) is 5.68. The zero-order valence-electron chi connectivity index (χ0n) is 16.8. The second-order valence-electron chi connectivity index (χ2n) is 8.76. The zero-order chi connectivity index (χ0) is 19.1. The van der Waals surface area contributed by atoms with Gasteiger partial charge < -0.3 is 0 Å². The minimum atomic E-state index is -0.598. The van der Waals surface area contributed by atoms with Gasteiger partial charge in [-0.15, -0.1) is 0 Å². The first kappa shape index (κ1) is 20.1. The summed E-state index contributed by atoms with van der Waals surface area (Å²) in [5.74, 6) is 2.10. The van der Waals surface area contributed by atoms with E-state index in [2.05, 4.69) is 31.2 Å². The molecule has 2 heteroatoms. The van der Waals surface area contributed by atoms with E-state index in [0.29, 0.717) is 0 Å². The number of nitriles is 1. The topological polar surface area (TPSA) is 23.8 Å². The van der Waals surface area contributed by atoms with Gasteiger partial charge in [0.2, 0.25) is 0 Å². The molecule has 0 spiro atoms. The first-order chi connectivity index (χ1) is 13.2. The van der Waals surface area contributed by atoms with E-state index in [4.69, 9.17) is 5.26 Å². The summed E-state index contributed by atoms with van der Waals surface area (Å²) in [6, 6.07) is 11.0. The molecule has 2 aliphatic rings. The minimum absolute atomic E-state index is 0.281. The Labute approximate surface area is 164 Å². The highest BCUT2D eigenvalue weighted by atomic mass is 19.1. The average Bonchev–Trinajstić information content (AvgIpc) is 2.73. The molecule has 2 fully saturated rings.